The second-order valence-corrected chi connectivity index (χ2v) is 11.2. The van der Waals surface area contributed by atoms with Gasteiger partial charge in [-0.3, -0.25) is 4.79 Å². The summed E-state index contributed by atoms with van der Waals surface area (Å²) < 4.78 is 9.71. The lowest BCUT2D eigenvalue weighted by Crippen LogP contribution is -2.21. The lowest BCUT2D eigenvalue weighted by atomic mass is 9.96. The van der Waals surface area contributed by atoms with Crippen LogP contribution in [-0.2, 0) is 6.42 Å². The molecule has 3 aromatic carbocycles. The third-order valence-electron chi connectivity index (χ3n) is 7.98. The van der Waals surface area contributed by atoms with Gasteiger partial charge in [-0.2, -0.15) is 9.78 Å². The zero-order valence-corrected chi connectivity index (χ0v) is 25.9. The van der Waals surface area contributed by atoms with Gasteiger partial charge in [0.2, 0.25) is 0 Å². The third-order valence-corrected chi connectivity index (χ3v) is 7.98. The molecule has 5 aromatic rings. The topological polar surface area (TPSA) is 61.4 Å². The molecule has 0 fully saturated rings. The highest BCUT2D eigenvalue weighted by Gasteiger charge is 2.19. The molecule has 0 spiro atoms. The van der Waals surface area contributed by atoms with Crippen LogP contribution in [0.15, 0.2) is 70.6 Å². The standard InChI is InChI=1S/C36H40N4O2/c1-9-27-15-13-14-23(5)34(27)39-25(7)19-28(26(39)8)21-37-40-35(38-32-17-12-11-16-29(32)36(40)41)31-20-30(22(3)4)33(42-10-2)18-24(31)6/h11-22H,9-10H2,1-8H3. The Morgan fingerprint density at radius 1 is 0.952 bits per heavy atom. The van der Waals surface area contributed by atoms with E-state index in [1.807, 2.05) is 38.1 Å². The molecule has 0 aliphatic carbocycles. The number of benzene rings is 3. The van der Waals surface area contributed by atoms with E-state index in [1.165, 1.54) is 21.5 Å². The molecule has 216 valence electrons. The minimum absolute atomic E-state index is 0.202. The molecule has 0 atom stereocenters. The van der Waals surface area contributed by atoms with Crippen molar-refractivity contribution in [3.8, 4) is 22.8 Å². The fourth-order valence-corrected chi connectivity index (χ4v) is 5.78. The van der Waals surface area contributed by atoms with Crippen LogP contribution >= 0.6 is 0 Å². The van der Waals surface area contributed by atoms with Crippen LogP contribution in [-0.4, -0.2) is 27.0 Å². The zero-order valence-electron chi connectivity index (χ0n) is 25.9. The highest BCUT2D eigenvalue weighted by Crippen LogP contribution is 2.34. The molecular weight excluding hydrogens is 520 g/mol. The number of ether oxygens (including phenoxy) is 1. The molecule has 0 saturated heterocycles. The van der Waals surface area contributed by atoms with Gasteiger partial charge in [-0.1, -0.05) is 51.1 Å². The summed E-state index contributed by atoms with van der Waals surface area (Å²) in [5.74, 6) is 1.61. The molecule has 0 unspecified atom stereocenters. The first-order chi connectivity index (χ1) is 20.2. The number of nitrogens with zero attached hydrogens (tertiary/aromatic N) is 4. The van der Waals surface area contributed by atoms with Gasteiger partial charge in [0.25, 0.3) is 5.56 Å². The monoisotopic (exact) mass is 560 g/mol. The van der Waals surface area contributed by atoms with Crippen molar-refractivity contribution in [1.82, 2.24) is 14.2 Å². The molecule has 6 nitrogen and oxygen atoms in total. The second-order valence-electron chi connectivity index (χ2n) is 11.2. The summed E-state index contributed by atoms with van der Waals surface area (Å²) in [6, 6.07) is 20.2. The van der Waals surface area contributed by atoms with Gasteiger partial charge in [0.1, 0.15) is 5.75 Å². The van der Waals surface area contributed by atoms with Crippen LogP contribution in [0.2, 0.25) is 0 Å². The molecule has 0 aliphatic rings. The summed E-state index contributed by atoms with van der Waals surface area (Å²) >= 11 is 0. The average molecular weight is 561 g/mol. The Kier molecular flexibility index (Phi) is 8.17. The van der Waals surface area contributed by atoms with E-state index in [9.17, 15) is 4.79 Å². The largest absolute Gasteiger partial charge is 0.494 e. The molecule has 0 bridgehead atoms. The zero-order chi connectivity index (χ0) is 30.1. The molecule has 6 heteroatoms. The van der Waals surface area contributed by atoms with Crippen molar-refractivity contribution in [3.63, 3.8) is 0 Å². The van der Waals surface area contributed by atoms with E-state index >= 15 is 0 Å². The number of aromatic nitrogens is 3. The van der Waals surface area contributed by atoms with Crippen molar-refractivity contribution < 1.29 is 4.74 Å². The summed E-state index contributed by atoms with van der Waals surface area (Å²) in [5, 5.41) is 5.35. The van der Waals surface area contributed by atoms with Crippen molar-refractivity contribution in [2.75, 3.05) is 6.61 Å². The van der Waals surface area contributed by atoms with Gasteiger partial charge in [-0.05, 0) is 99.5 Å². The fourth-order valence-electron chi connectivity index (χ4n) is 5.78. The molecule has 0 radical (unpaired) electrons. The van der Waals surface area contributed by atoms with Crippen LogP contribution in [0.4, 0.5) is 0 Å². The van der Waals surface area contributed by atoms with Gasteiger partial charge < -0.3 is 9.30 Å². The molecule has 2 aromatic heterocycles. The second kappa shape index (κ2) is 11.8. The van der Waals surface area contributed by atoms with Gasteiger partial charge in [-0.15, -0.1) is 0 Å². The summed E-state index contributed by atoms with van der Waals surface area (Å²) in [4.78, 5) is 18.9. The minimum atomic E-state index is -0.202. The molecule has 0 amide bonds. The Balaban J connectivity index is 1.71. The number of fused-ring (bicyclic) bond motifs is 1. The number of hydrogen-bond acceptors (Lipinski definition) is 4. The van der Waals surface area contributed by atoms with E-state index in [-0.39, 0.29) is 11.5 Å². The van der Waals surface area contributed by atoms with Crippen LogP contribution in [0.25, 0.3) is 28.0 Å². The van der Waals surface area contributed by atoms with E-state index in [1.54, 1.807) is 12.3 Å². The number of aryl methyl sites for hydroxylation is 4. The van der Waals surface area contributed by atoms with Gasteiger partial charge in [0, 0.05) is 22.5 Å². The molecule has 42 heavy (non-hydrogen) atoms. The molecular formula is C36H40N4O2. The maximum absolute atomic E-state index is 13.9. The lowest BCUT2D eigenvalue weighted by Gasteiger charge is -2.18. The van der Waals surface area contributed by atoms with Crippen LogP contribution in [0, 0.1) is 27.7 Å². The van der Waals surface area contributed by atoms with Crippen molar-refractivity contribution in [3.05, 3.63) is 110 Å². The first kappa shape index (κ1) is 29.1. The van der Waals surface area contributed by atoms with Gasteiger partial charge in [0.15, 0.2) is 5.82 Å². The summed E-state index contributed by atoms with van der Waals surface area (Å²) in [5.41, 5.74) is 10.2. The Morgan fingerprint density at radius 2 is 1.71 bits per heavy atom. The molecule has 2 heterocycles. The number of rotatable bonds is 8. The molecule has 5 rings (SSSR count). The summed E-state index contributed by atoms with van der Waals surface area (Å²) in [6.07, 6.45) is 2.73. The Hall–Kier alpha value is -4.45. The smallest absolute Gasteiger partial charge is 0.282 e. The van der Waals surface area contributed by atoms with E-state index in [2.05, 4.69) is 76.4 Å². The Bertz CT molecular complexity index is 1870. The molecule has 0 N–H and O–H groups in total. The first-order valence-electron chi connectivity index (χ1n) is 14.8. The quantitative estimate of drug-likeness (QED) is 0.180. The predicted molar refractivity (Wildman–Crippen MR) is 174 cm³/mol. The number of para-hydroxylation sites is 2. The Morgan fingerprint density at radius 3 is 2.43 bits per heavy atom. The Labute approximate surface area is 248 Å². The third kappa shape index (κ3) is 5.18. The fraction of sp³-hybridized carbons (Fsp3) is 0.306. The molecule has 0 saturated carbocycles. The van der Waals surface area contributed by atoms with Crippen molar-refractivity contribution >= 4 is 17.1 Å². The van der Waals surface area contributed by atoms with Gasteiger partial charge in [-0.25, -0.2) is 4.98 Å². The van der Waals surface area contributed by atoms with E-state index < -0.39 is 0 Å². The van der Waals surface area contributed by atoms with Crippen molar-refractivity contribution in [2.24, 2.45) is 5.10 Å². The van der Waals surface area contributed by atoms with Crippen molar-refractivity contribution in [1.29, 1.82) is 0 Å². The van der Waals surface area contributed by atoms with Crippen LogP contribution in [0.5, 0.6) is 5.75 Å². The highest BCUT2D eigenvalue weighted by atomic mass is 16.5. The summed E-state index contributed by atoms with van der Waals surface area (Å²) in [7, 11) is 0. The normalized spacial score (nSPS) is 11.7. The maximum Gasteiger partial charge on any atom is 0.282 e. The average Bonchev–Trinajstić information content (AvgIpc) is 3.24. The predicted octanol–water partition coefficient (Wildman–Crippen LogP) is 8.05. The van der Waals surface area contributed by atoms with E-state index in [4.69, 9.17) is 14.8 Å². The van der Waals surface area contributed by atoms with Crippen LogP contribution in [0.1, 0.15) is 72.8 Å². The number of hydrogen-bond donors (Lipinski definition) is 0. The van der Waals surface area contributed by atoms with Gasteiger partial charge in [0.05, 0.1) is 29.4 Å². The van der Waals surface area contributed by atoms with E-state index in [0.29, 0.717) is 23.3 Å². The SMILES string of the molecule is CCOc1cc(C)c(-c2nc3ccccc3c(=O)n2N=Cc2cc(C)n(-c3c(C)cccc3CC)c2C)cc1C(C)C. The van der Waals surface area contributed by atoms with Crippen molar-refractivity contribution in [2.45, 2.75) is 67.7 Å². The summed E-state index contributed by atoms with van der Waals surface area (Å²) in [6.45, 7) is 17.4. The van der Waals surface area contributed by atoms with Crippen LogP contribution < -0.4 is 10.3 Å². The minimum Gasteiger partial charge on any atom is -0.494 e. The lowest BCUT2D eigenvalue weighted by molar-refractivity contribution is 0.335. The molecule has 0 aliphatic heterocycles. The van der Waals surface area contributed by atoms with Crippen LogP contribution in [0.3, 0.4) is 0 Å². The van der Waals surface area contributed by atoms with Gasteiger partial charge >= 0.3 is 0 Å². The first-order valence-corrected chi connectivity index (χ1v) is 14.8. The highest BCUT2D eigenvalue weighted by molar-refractivity contribution is 5.84. The maximum atomic E-state index is 13.9. The van der Waals surface area contributed by atoms with E-state index in [0.717, 1.165) is 45.8 Å².